The summed E-state index contributed by atoms with van der Waals surface area (Å²) in [4.78, 5) is 22.8. The summed E-state index contributed by atoms with van der Waals surface area (Å²) in [6.07, 6.45) is 6.77. The van der Waals surface area contributed by atoms with Crippen LogP contribution in [0.2, 0.25) is 10.0 Å². The molecule has 8 nitrogen and oxygen atoms in total. The highest BCUT2D eigenvalue weighted by Crippen LogP contribution is 2.37. The Bertz CT molecular complexity index is 1660. The lowest BCUT2D eigenvalue weighted by Gasteiger charge is -2.41. The number of halogens is 3. The summed E-state index contributed by atoms with van der Waals surface area (Å²) in [5, 5.41) is 1.29. The molecule has 4 heterocycles. The van der Waals surface area contributed by atoms with Gasteiger partial charge in [-0.1, -0.05) is 41.8 Å². The number of likely N-dealkylation sites (tertiary alicyclic amines) is 2. The number of carbonyl (C=O) groups excluding carboxylic acids is 1. The summed E-state index contributed by atoms with van der Waals surface area (Å²) < 4.78 is 35.6. The largest absolute Gasteiger partial charge is 0.487 e. The molecule has 45 heavy (non-hydrogen) atoms. The van der Waals surface area contributed by atoms with Crippen molar-refractivity contribution in [3.8, 4) is 5.75 Å². The molecule has 2 aromatic carbocycles. The van der Waals surface area contributed by atoms with E-state index in [-0.39, 0.29) is 41.4 Å². The van der Waals surface area contributed by atoms with Crippen molar-refractivity contribution >= 4 is 62.4 Å². The van der Waals surface area contributed by atoms with Gasteiger partial charge in [-0.25, -0.2) is 13.4 Å². The van der Waals surface area contributed by atoms with Crippen LogP contribution in [0.3, 0.4) is 0 Å². The molecular formula is C33H41Cl3N4O4S. The fourth-order valence-corrected chi connectivity index (χ4v) is 9.59. The van der Waals surface area contributed by atoms with Crippen LogP contribution in [-0.2, 0) is 21.4 Å². The number of rotatable bonds is 7. The molecule has 3 aromatic rings. The third kappa shape index (κ3) is 6.94. The van der Waals surface area contributed by atoms with E-state index >= 15 is 0 Å². The second-order valence-corrected chi connectivity index (χ2v) is 14.9. The van der Waals surface area contributed by atoms with Gasteiger partial charge in [0.1, 0.15) is 28.8 Å². The molecule has 0 saturated carbocycles. The normalized spacial score (nSPS) is 20.4. The molecule has 1 unspecified atom stereocenters. The van der Waals surface area contributed by atoms with Crippen LogP contribution in [0.1, 0.15) is 61.8 Å². The number of aryl methyl sites for hydroxylation is 2. The third-order valence-electron chi connectivity index (χ3n) is 9.42. The Kier molecular flexibility index (Phi) is 10.9. The molecule has 0 bridgehead atoms. The highest BCUT2D eigenvalue weighted by atomic mass is 35.5. The van der Waals surface area contributed by atoms with Crippen LogP contribution >= 0.6 is 35.6 Å². The first-order valence-corrected chi connectivity index (χ1v) is 17.9. The van der Waals surface area contributed by atoms with Crippen molar-refractivity contribution in [3.63, 3.8) is 0 Å². The number of piperidine rings is 2. The predicted molar refractivity (Wildman–Crippen MR) is 181 cm³/mol. The second kappa shape index (κ2) is 14.3. The lowest BCUT2D eigenvalue weighted by Crippen LogP contribution is -2.53. The van der Waals surface area contributed by atoms with Gasteiger partial charge in [-0.3, -0.25) is 4.79 Å². The van der Waals surface area contributed by atoms with E-state index in [1.165, 1.54) is 35.7 Å². The Labute approximate surface area is 282 Å². The maximum atomic E-state index is 14.1. The maximum absolute atomic E-state index is 14.1. The summed E-state index contributed by atoms with van der Waals surface area (Å²) in [7, 11) is -4.08. The van der Waals surface area contributed by atoms with E-state index in [1.807, 2.05) is 43.0 Å². The van der Waals surface area contributed by atoms with Crippen molar-refractivity contribution in [3.05, 3.63) is 63.3 Å². The number of fused-ring (bicyclic) bond motifs is 1. The molecule has 12 heteroatoms. The number of carbonyl (C=O) groups is 1. The highest BCUT2D eigenvalue weighted by Gasteiger charge is 2.43. The van der Waals surface area contributed by atoms with Gasteiger partial charge in [0, 0.05) is 47.3 Å². The maximum Gasteiger partial charge on any atom is 0.245 e. The SMILES string of the molecule is Cc1cc(C)c2cccc(OCc3c(Cl)ccc(S(=O)(=O)N4CCCC4C(=O)N4CCC(N5CCCCC5)CC4)c3Cl)c2n1.Cl. The molecule has 3 aliphatic heterocycles. The van der Waals surface area contributed by atoms with Gasteiger partial charge in [0.25, 0.3) is 0 Å². The van der Waals surface area contributed by atoms with Gasteiger partial charge in [-0.2, -0.15) is 4.31 Å². The summed E-state index contributed by atoms with van der Waals surface area (Å²) >= 11 is 13.3. The van der Waals surface area contributed by atoms with Gasteiger partial charge in [0.2, 0.25) is 15.9 Å². The second-order valence-electron chi connectivity index (χ2n) is 12.3. The molecule has 1 aromatic heterocycles. The summed E-state index contributed by atoms with van der Waals surface area (Å²) in [6, 6.07) is 10.5. The van der Waals surface area contributed by atoms with E-state index in [0.717, 1.165) is 48.1 Å². The monoisotopic (exact) mass is 694 g/mol. The molecule has 244 valence electrons. The van der Waals surface area contributed by atoms with E-state index < -0.39 is 16.1 Å². The van der Waals surface area contributed by atoms with E-state index in [9.17, 15) is 13.2 Å². The van der Waals surface area contributed by atoms with E-state index in [2.05, 4.69) is 9.88 Å². The Morgan fingerprint density at radius 1 is 0.956 bits per heavy atom. The molecule has 3 aliphatic rings. The van der Waals surface area contributed by atoms with E-state index in [4.69, 9.17) is 27.9 Å². The number of hydrogen-bond acceptors (Lipinski definition) is 6. The Balaban J connectivity index is 0.00000400. The summed E-state index contributed by atoms with van der Waals surface area (Å²) in [5.41, 5.74) is 3.05. The number of hydrogen-bond donors (Lipinski definition) is 0. The lowest BCUT2D eigenvalue weighted by atomic mass is 9.99. The van der Waals surface area contributed by atoms with Gasteiger partial charge in [-0.15, -0.1) is 12.4 Å². The summed E-state index contributed by atoms with van der Waals surface area (Å²) in [5.74, 6) is 0.454. The Morgan fingerprint density at radius 3 is 2.42 bits per heavy atom. The van der Waals surface area contributed by atoms with Crippen LogP contribution in [0, 0.1) is 13.8 Å². The molecule has 0 N–H and O–H groups in total. The Morgan fingerprint density at radius 2 is 1.69 bits per heavy atom. The average molecular weight is 696 g/mol. The number of pyridine rings is 1. The number of sulfonamides is 1. The highest BCUT2D eigenvalue weighted by molar-refractivity contribution is 7.89. The molecule has 0 spiro atoms. The quantitative estimate of drug-likeness (QED) is 0.271. The molecule has 1 amide bonds. The van der Waals surface area contributed by atoms with Crippen molar-refractivity contribution in [2.45, 2.75) is 82.4 Å². The molecule has 0 aliphatic carbocycles. The van der Waals surface area contributed by atoms with Gasteiger partial charge in [0.15, 0.2) is 0 Å². The number of benzene rings is 2. The lowest BCUT2D eigenvalue weighted by molar-refractivity contribution is -0.136. The van der Waals surface area contributed by atoms with Crippen molar-refractivity contribution in [2.24, 2.45) is 0 Å². The Hall–Kier alpha value is -2.14. The van der Waals surface area contributed by atoms with Crippen molar-refractivity contribution in [2.75, 3.05) is 32.7 Å². The summed E-state index contributed by atoms with van der Waals surface area (Å²) in [6.45, 7) is 7.79. The third-order valence-corrected chi connectivity index (χ3v) is 12.3. The predicted octanol–water partition coefficient (Wildman–Crippen LogP) is 6.79. The van der Waals surface area contributed by atoms with Crippen LogP contribution < -0.4 is 4.74 Å². The average Bonchev–Trinajstić information content (AvgIpc) is 3.52. The molecule has 3 fully saturated rings. The van der Waals surface area contributed by atoms with Crippen molar-refractivity contribution in [1.29, 1.82) is 0 Å². The van der Waals surface area contributed by atoms with E-state index in [0.29, 0.717) is 48.3 Å². The minimum Gasteiger partial charge on any atom is -0.487 e. The molecular weight excluding hydrogens is 655 g/mol. The van der Waals surface area contributed by atoms with Gasteiger partial charge in [-0.05, 0) is 95.3 Å². The number of para-hydroxylation sites is 1. The molecule has 3 saturated heterocycles. The number of nitrogens with zero attached hydrogens (tertiary/aromatic N) is 4. The van der Waals surface area contributed by atoms with Crippen LogP contribution in [0.5, 0.6) is 5.75 Å². The molecule has 0 radical (unpaired) electrons. The van der Waals surface area contributed by atoms with Crippen molar-refractivity contribution in [1.82, 2.24) is 19.1 Å². The fraction of sp³-hybridized carbons (Fsp3) is 0.515. The van der Waals surface area contributed by atoms with Crippen LogP contribution in [0.4, 0.5) is 0 Å². The minimum atomic E-state index is -4.08. The van der Waals surface area contributed by atoms with Crippen LogP contribution in [0.15, 0.2) is 41.3 Å². The molecule has 6 rings (SSSR count). The first-order chi connectivity index (χ1) is 21.1. The number of aromatic nitrogens is 1. The van der Waals surface area contributed by atoms with Gasteiger partial charge < -0.3 is 14.5 Å². The zero-order valence-electron chi connectivity index (χ0n) is 25.8. The standard InChI is InChI=1S/C33H40Cl2N4O4S.ClH/c1-22-20-23(2)36-32-25(22)8-6-10-29(32)43-21-26-27(34)11-12-30(31(26)35)44(41,42)39-17-7-9-28(39)33(40)38-18-13-24(14-19-38)37-15-4-3-5-16-37;/h6,8,10-12,20,24,28H,3-5,7,9,13-19,21H2,1-2H3;1H. The number of amides is 1. The number of ether oxygens (including phenoxy) is 1. The molecule has 1 atom stereocenters. The van der Waals surface area contributed by atoms with E-state index in [1.54, 1.807) is 0 Å². The first kappa shape index (κ1) is 34.2. The van der Waals surface area contributed by atoms with Crippen LogP contribution in [-0.4, -0.2) is 78.2 Å². The van der Waals surface area contributed by atoms with Gasteiger partial charge >= 0.3 is 0 Å². The topological polar surface area (TPSA) is 83.0 Å². The first-order valence-electron chi connectivity index (χ1n) is 15.7. The van der Waals surface area contributed by atoms with Crippen molar-refractivity contribution < 1.29 is 17.9 Å². The fourth-order valence-electron chi connectivity index (χ4n) is 7.08. The zero-order chi connectivity index (χ0) is 31.0. The minimum absolute atomic E-state index is 0. The zero-order valence-corrected chi connectivity index (χ0v) is 29.0. The smallest absolute Gasteiger partial charge is 0.245 e. The van der Waals surface area contributed by atoms with Crippen LogP contribution in [0.25, 0.3) is 10.9 Å². The van der Waals surface area contributed by atoms with Gasteiger partial charge in [0.05, 0.1) is 5.02 Å².